The Morgan fingerprint density at radius 3 is 2.57 bits per heavy atom. The summed E-state index contributed by atoms with van der Waals surface area (Å²) in [6.45, 7) is 6.48. The number of amides is 1. The van der Waals surface area contributed by atoms with Crippen molar-refractivity contribution in [2.45, 2.75) is 45.5 Å². The van der Waals surface area contributed by atoms with E-state index in [-0.39, 0.29) is 6.61 Å². The van der Waals surface area contributed by atoms with Gasteiger partial charge in [-0.15, -0.1) is 0 Å². The second-order valence-corrected chi connectivity index (χ2v) is 5.87. The fraction of sp³-hybridized carbons (Fsp3) is 0.562. The quantitative estimate of drug-likeness (QED) is 0.811. The van der Waals surface area contributed by atoms with Gasteiger partial charge in [0.25, 0.3) is 0 Å². The number of carbonyl (C=O) groups excluding carboxylic acids is 1. The van der Waals surface area contributed by atoms with E-state index in [0.29, 0.717) is 19.6 Å². The zero-order valence-electron chi connectivity index (χ0n) is 13.0. The molecule has 21 heavy (non-hydrogen) atoms. The summed E-state index contributed by atoms with van der Waals surface area (Å²) in [7, 11) is 0. The number of benzene rings is 1. The molecule has 1 aromatic carbocycles. The molecule has 118 valence electrons. The van der Waals surface area contributed by atoms with Gasteiger partial charge in [0.05, 0.1) is 19.3 Å². The van der Waals surface area contributed by atoms with Gasteiger partial charge < -0.3 is 19.9 Å². The topological polar surface area (TPSA) is 67.8 Å². The molecule has 0 heterocycles. The smallest absolute Gasteiger partial charge is 0.407 e. The maximum absolute atomic E-state index is 11.4. The molecule has 5 nitrogen and oxygen atoms in total. The fourth-order valence-corrected chi connectivity index (χ4v) is 1.63. The highest BCUT2D eigenvalue weighted by Crippen LogP contribution is 2.06. The van der Waals surface area contributed by atoms with E-state index in [2.05, 4.69) is 5.32 Å². The van der Waals surface area contributed by atoms with Crippen molar-refractivity contribution in [1.82, 2.24) is 5.32 Å². The number of rotatable bonds is 7. The lowest BCUT2D eigenvalue weighted by atomic mass is 10.2. The highest BCUT2D eigenvalue weighted by atomic mass is 16.6. The fourth-order valence-electron chi connectivity index (χ4n) is 1.63. The third kappa shape index (κ3) is 9.05. The van der Waals surface area contributed by atoms with E-state index in [0.717, 1.165) is 5.56 Å². The second-order valence-electron chi connectivity index (χ2n) is 5.87. The van der Waals surface area contributed by atoms with Gasteiger partial charge in [-0.1, -0.05) is 30.3 Å². The lowest BCUT2D eigenvalue weighted by molar-refractivity contribution is 0.0231. The average Bonchev–Trinajstić information content (AvgIpc) is 2.38. The molecule has 0 saturated carbocycles. The number of carbonyl (C=O) groups is 1. The van der Waals surface area contributed by atoms with Gasteiger partial charge in [-0.25, -0.2) is 4.79 Å². The van der Waals surface area contributed by atoms with E-state index in [1.807, 2.05) is 30.3 Å². The highest BCUT2D eigenvalue weighted by Gasteiger charge is 2.15. The predicted molar refractivity (Wildman–Crippen MR) is 81.0 cm³/mol. The van der Waals surface area contributed by atoms with Gasteiger partial charge in [0.15, 0.2) is 0 Å². The Morgan fingerprint density at radius 2 is 1.95 bits per heavy atom. The normalized spacial score (nSPS) is 12.8. The number of ether oxygens (including phenoxy) is 2. The van der Waals surface area contributed by atoms with E-state index >= 15 is 0 Å². The van der Waals surface area contributed by atoms with Crippen LogP contribution in [0.5, 0.6) is 0 Å². The van der Waals surface area contributed by atoms with Gasteiger partial charge in [-0.2, -0.15) is 0 Å². The molecule has 0 aliphatic carbocycles. The van der Waals surface area contributed by atoms with Crippen LogP contribution >= 0.6 is 0 Å². The van der Waals surface area contributed by atoms with Crippen LogP contribution in [0.3, 0.4) is 0 Å². The summed E-state index contributed by atoms with van der Waals surface area (Å²) in [4.78, 5) is 11.4. The zero-order valence-corrected chi connectivity index (χ0v) is 13.0. The summed E-state index contributed by atoms with van der Waals surface area (Å²) in [5, 5.41) is 12.4. The van der Waals surface area contributed by atoms with Crippen molar-refractivity contribution in [2.24, 2.45) is 0 Å². The minimum Gasteiger partial charge on any atom is -0.444 e. The molecule has 0 fully saturated rings. The number of aliphatic hydroxyl groups is 1. The van der Waals surface area contributed by atoms with Crippen molar-refractivity contribution in [1.29, 1.82) is 0 Å². The summed E-state index contributed by atoms with van der Waals surface area (Å²) in [5.74, 6) is 0. The third-order valence-electron chi connectivity index (χ3n) is 2.57. The Hall–Kier alpha value is -1.59. The van der Waals surface area contributed by atoms with Crippen molar-refractivity contribution >= 4 is 6.09 Å². The SMILES string of the molecule is CC(C)(C)OC(=O)NCC[C@@H](O)COCc1ccccc1. The van der Waals surface area contributed by atoms with Crippen LogP contribution in [0.4, 0.5) is 4.79 Å². The Balaban J connectivity index is 2.09. The van der Waals surface area contributed by atoms with E-state index in [1.165, 1.54) is 0 Å². The van der Waals surface area contributed by atoms with Crippen LogP contribution in [0, 0.1) is 0 Å². The molecule has 0 aromatic heterocycles. The summed E-state index contributed by atoms with van der Waals surface area (Å²) < 4.78 is 10.5. The van der Waals surface area contributed by atoms with Crippen molar-refractivity contribution in [3.05, 3.63) is 35.9 Å². The van der Waals surface area contributed by atoms with Crippen LogP contribution in [0.1, 0.15) is 32.8 Å². The molecule has 1 rings (SSSR count). The summed E-state index contributed by atoms with van der Waals surface area (Å²) in [5.41, 5.74) is 0.554. The number of alkyl carbamates (subject to hydrolysis) is 1. The first-order valence-corrected chi connectivity index (χ1v) is 7.13. The molecule has 1 amide bonds. The lowest BCUT2D eigenvalue weighted by Gasteiger charge is -2.20. The second kappa shape index (κ2) is 8.64. The first-order valence-electron chi connectivity index (χ1n) is 7.13. The number of nitrogens with one attached hydrogen (secondary N) is 1. The van der Waals surface area contributed by atoms with Crippen LogP contribution in [0.2, 0.25) is 0 Å². The van der Waals surface area contributed by atoms with E-state index in [1.54, 1.807) is 20.8 Å². The Morgan fingerprint density at radius 1 is 1.29 bits per heavy atom. The third-order valence-corrected chi connectivity index (χ3v) is 2.57. The molecule has 1 aromatic rings. The van der Waals surface area contributed by atoms with Gasteiger partial charge >= 0.3 is 6.09 Å². The number of aliphatic hydroxyl groups excluding tert-OH is 1. The molecule has 1 atom stereocenters. The molecule has 0 bridgehead atoms. The van der Waals surface area contributed by atoms with Crippen molar-refractivity contribution in [3.8, 4) is 0 Å². The number of hydrogen-bond donors (Lipinski definition) is 2. The van der Waals surface area contributed by atoms with Gasteiger partial charge in [-0.3, -0.25) is 0 Å². The standard InChI is InChI=1S/C16H25NO4/c1-16(2,3)21-15(19)17-10-9-14(18)12-20-11-13-7-5-4-6-8-13/h4-8,14,18H,9-12H2,1-3H3,(H,17,19)/t14-/m1/s1. The monoisotopic (exact) mass is 295 g/mol. The number of hydrogen-bond acceptors (Lipinski definition) is 4. The predicted octanol–water partition coefficient (Wildman–Crippen LogP) is 2.48. The first kappa shape index (κ1) is 17.5. The van der Waals surface area contributed by atoms with Gasteiger partial charge in [-0.05, 0) is 32.8 Å². The average molecular weight is 295 g/mol. The van der Waals surface area contributed by atoms with Crippen molar-refractivity contribution < 1.29 is 19.4 Å². The molecule has 0 spiro atoms. The maximum Gasteiger partial charge on any atom is 0.407 e. The lowest BCUT2D eigenvalue weighted by Crippen LogP contribution is -2.34. The largest absolute Gasteiger partial charge is 0.444 e. The molecule has 5 heteroatoms. The van der Waals surface area contributed by atoms with E-state index in [9.17, 15) is 9.90 Å². The minimum atomic E-state index is -0.608. The summed E-state index contributed by atoms with van der Waals surface area (Å²) in [6, 6.07) is 9.77. The minimum absolute atomic E-state index is 0.241. The molecular weight excluding hydrogens is 270 g/mol. The Bertz CT molecular complexity index is 414. The summed E-state index contributed by atoms with van der Waals surface area (Å²) in [6.07, 6.45) is -0.655. The van der Waals surface area contributed by atoms with E-state index in [4.69, 9.17) is 9.47 Å². The Labute approximate surface area is 126 Å². The molecule has 0 aliphatic rings. The maximum atomic E-state index is 11.4. The van der Waals surface area contributed by atoms with E-state index < -0.39 is 17.8 Å². The Kier molecular flexibility index (Phi) is 7.19. The van der Waals surface area contributed by atoms with Crippen LogP contribution in [0.15, 0.2) is 30.3 Å². The summed E-state index contributed by atoms with van der Waals surface area (Å²) >= 11 is 0. The zero-order chi connectivity index (χ0) is 15.7. The first-order chi connectivity index (χ1) is 9.87. The molecule has 0 saturated heterocycles. The van der Waals surface area contributed by atoms with Gasteiger partial charge in [0.2, 0.25) is 0 Å². The molecule has 2 N–H and O–H groups in total. The molecule has 0 aliphatic heterocycles. The molecule has 0 radical (unpaired) electrons. The van der Waals surface area contributed by atoms with Crippen LogP contribution in [0.25, 0.3) is 0 Å². The van der Waals surface area contributed by atoms with Crippen LogP contribution in [-0.4, -0.2) is 36.1 Å². The van der Waals surface area contributed by atoms with Crippen molar-refractivity contribution in [3.63, 3.8) is 0 Å². The van der Waals surface area contributed by atoms with Gasteiger partial charge in [0.1, 0.15) is 5.60 Å². The highest BCUT2D eigenvalue weighted by molar-refractivity contribution is 5.67. The molecular formula is C16H25NO4. The molecule has 0 unspecified atom stereocenters. The van der Waals surface area contributed by atoms with Gasteiger partial charge in [0, 0.05) is 6.54 Å². The van der Waals surface area contributed by atoms with Crippen molar-refractivity contribution in [2.75, 3.05) is 13.2 Å². The van der Waals surface area contributed by atoms with Crippen LogP contribution < -0.4 is 5.32 Å². The van der Waals surface area contributed by atoms with Crippen LogP contribution in [-0.2, 0) is 16.1 Å².